The van der Waals surface area contributed by atoms with Crippen molar-refractivity contribution in [1.29, 1.82) is 0 Å². The molecule has 16 heavy (non-hydrogen) atoms. The van der Waals surface area contributed by atoms with E-state index in [1.54, 1.807) is 0 Å². The van der Waals surface area contributed by atoms with Crippen LogP contribution in [0.4, 0.5) is 0 Å². The van der Waals surface area contributed by atoms with Crippen molar-refractivity contribution in [2.24, 2.45) is 17.8 Å². The molecule has 1 saturated heterocycles. The van der Waals surface area contributed by atoms with Crippen LogP contribution in [-0.2, 0) is 19.1 Å². The Balaban J connectivity index is 2.27. The van der Waals surface area contributed by atoms with E-state index < -0.39 is 23.9 Å². The lowest BCUT2D eigenvalue weighted by atomic mass is 9.70. The summed E-state index contributed by atoms with van der Waals surface area (Å²) in [4.78, 5) is 23.2. The molecule has 0 unspecified atom stereocenters. The number of fused-ring (bicyclic) bond motifs is 1. The van der Waals surface area contributed by atoms with E-state index in [4.69, 9.17) is 4.74 Å². The highest BCUT2D eigenvalue weighted by Crippen LogP contribution is 2.43. The van der Waals surface area contributed by atoms with Crippen LogP contribution in [0.5, 0.6) is 0 Å². The van der Waals surface area contributed by atoms with E-state index in [1.165, 1.54) is 7.11 Å². The van der Waals surface area contributed by atoms with Gasteiger partial charge in [0.25, 0.3) is 0 Å². The number of aliphatic hydroxyl groups excluding tert-OH is 1. The standard InChI is InChI=1S/C11H16O5/c1-5-6-3-4-7(12)9(10(13)15-2)8(6)11(14)16-5/h5-9,12H,3-4H2,1-2H3/t5-,6-,7+,8-,9+/m1/s1. The summed E-state index contributed by atoms with van der Waals surface area (Å²) in [5, 5.41) is 9.81. The van der Waals surface area contributed by atoms with Crippen molar-refractivity contribution in [1.82, 2.24) is 0 Å². The van der Waals surface area contributed by atoms with E-state index in [1.807, 2.05) is 6.92 Å². The number of ether oxygens (including phenoxy) is 2. The van der Waals surface area contributed by atoms with Gasteiger partial charge in [-0.05, 0) is 19.8 Å². The first kappa shape index (κ1) is 11.4. The van der Waals surface area contributed by atoms with Gasteiger partial charge in [-0.25, -0.2) is 0 Å². The lowest BCUT2D eigenvalue weighted by Crippen LogP contribution is -2.44. The predicted octanol–water partition coefficient (Wildman–Crippen LogP) is 0.108. The number of cyclic esters (lactones) is 1. The van der Waals surface area contributed by atoms with Gasteiger partial charge >= 0.3 is 11.9 Å². The van der Waals surface area contributed by atoms with Gasteiger partial charge in [0.05, 0.1) is 25.0 Å². The van der Waals surface area contributed by atoms with Crippen molar-refractivity contribution in [2.75, 3.05) is 7.11 Å². The average Bonchev–Trinajstić information content (AvgIpc) is 2.53. The highest BCUT2D eigenvalue weighted by atomic mass is 16.6. The smallest absolute Gasteiger partial charge is 0.312 e. The van der Waals surface area contributed by atoms with Crippen LogP contribution >= 0.6 is 0 Å². The van der Waals surface area contributed by atoms with E-state index in [-0.39, 0.29) is 18.0 Å². The first-order valence-electron chi connectivity index (χ1n) is 5.52. The van der Waals surface area contributed by atoms with Crippen LogP contribution in [0.25, 0.3) is 0 Å². The van der Waals surface area contributed by atoms with Crippen LogP contribution < -0.4 is 0 Å². The van der Waals surface area contributed by atoms with Gasteiger partial charge in [0.15, 0.2) is 0 Å². The van der Waals surface area contributed by atoms with Crippen molar-refractivity contribution in [3.05, 3.63) is 0 Å². The Bertz CT molecular complexity index is 305. The molecular weight excluding hydrogens is 212 g/mol. The Kier molecular flexibility index (Phi) is 2.88. The van der Waals surface area contributed by atoms with Crippen molar-refractivity contribution >= 4 is 11.9 Å². The first-order valence-corrected chi connectivity index (χ1v) is 5.52. The third-order valence-corrected chi connectivity index (χ3v) is 3.71. The van der Waals surface area contributed by atoms with Crippen LogP contribution in [0.15, 0.2) is 0 Å². The summed E-state index contributed by atoms with van der Waals surface area (Å²) in [6, 6.07) is 0. The fourth-order valence-corrected chi connectivity index (χ4v) is 2.87. The molecule has 2 aliphatic rings. The average molecular weight is 228 g/mol. The summed E-state index contributed by atoms with van der Waals surface area (Å²) in [6.45, 7) is 1.83. The molecule has 5 heteroatoms. The molecule has 0 aromatic rings. The number of esters is 2. The molecule has 5 atom stereocenters. The number of hydrogen-bond donors (Lipinski definition) is 1. The normalized spacial score (nSPS) is 42.4. The van der Waals surface area contributed by atoms with Crippen molar-refractivity contribution in [3.8, 4) is 0 Å². The number of aliphatic hydroxyl groups is 1. The molecule has 1 saturated carbocycles. The van der Waals surface area contributed by atoms with E-state index in [0.29, 0.717) is 12.8 Å². The Labute approximate surface area is 93.7 Å². The molecule has 0 aromatic carbocycles. The third kappa shape index (κ3) is 1.59. The van der Waals surface area contributed by atoms with Gasteiger partial charge in [0, 0.05) is 5.92 Å². The van der Waals surface area contributed by atoms with Gasteiger partial charge in [-0.15, -0.1) is 0 Å². The maximum Gasteiger partial charge on any atom is 0.312 e. The number of hydrogen-bond acceptors (Lipinski definition) is 5. The van der Waals surface area contributed by atoms with Crippen molar-refractivity contribution in [3.63, 3.8) is 0 Å². The fraction of sp³-hybridized carbons (Fsp3) is 0.818. The molecule has 0 amide bonds. The summed E-state index contributed by atoms with van der Waals surface area (Å²) in [6.07, 6.45) is 0.262. The lowest BCUT2D eigenvalue weighted by Gasteiger charge is -2.33. The largest absolute Gasteiger partial charge is 0.469 e. The summed E-state index contributed by atoms with van der Waals surface area (Å²) in [5.41, 5.74) is 0. The topological polar surface area (TPSA) is 72.8 Å². The molecule has 90 valence electrons. The first-order chi connectivity index (χ1) is 7.56. The summed E-state index contributed by atoms with van der Waals surface area (Å²) < 4.78 is 9.77. The number of methoxy groups -OCH3 is 1. The van der Waals surface area contributed by atoms with Crippen molar-refractivity contribution < 1.29 is 24.2 Å². The van der Waals surface area contributed by atoms with E-state index >= 15 is 0 Å². The molecule has 1 aliphatic heterocycles. The molecule has 2 rings (SSSR count). The molecule has 1 heterocycles. The second-order valence-electron chi connectivity index (χ2n) is 4.53. The highest BCUT2D eigenvalue weighted by molar-refractivity contribution is 5.84. The summed E-state index contributed by atoms with van der Waals surface area (Å²) >= 11 is 0. The highest BCUT2D eigenvalue weighted by Gasteiger charge is 2.54. The third-order valence-electron chi connectivity index (χ3n) is 3.71. The van der Waals surface area contributed by atoms with Crippen LogP contribution in [0.2, 0.25) is 0 Å². The molecular formula is C11H16O5. The Morgan fingerprint density at radius 3 is 2.81 bits per heavy atom. The quantitative estimate of drug-likeness (QED) is 0.645. The number of carbonyl (C=O) groups is 2. The van der Waals surface area contributed by atoms with Gasteiger partial charge in [-0.2, -0.15) is 0 Å². The van der Waals surface area contributed by atoms with Gasteiger partial charge in [-0.1, -0.05) is 0 Å². The second kappa shape index (κ2) is 4.05. The van der Waals surface area contributed by atoms with Crippen LogP contribution in [0, 0.1) is 17.8 Å². The minimum atomic E-state index is -0.799. The van der Waals surface area contributed by atoms with Gasteiger partial charge in [-0.3, -0.25) is 9.59 Å². The molecule has 1 aliphatic carbocycles. The fourth-order valence-electron chi connectivity index (χ4n) is 2.87. The van der Waals surface area contributed by atoms with E-state index in [9.17, 15) is 14.7 Å². The zero-order valence-electron chi connectivity index (χ0n) is 9.38. The molecule has 1 N–H and O–H groups in total. The maximum atomic E-state index is 11.7. The van der Waals surface area contributed by atoms with E-state index in [0.717, 1.165) is 0 Å². The lowest BCUT2D eigenvalue weighted by molar-refractivity contribution is -0.161. The molecule has 2 fully saturated rings. The SMILES string of the molecule is COC(=O)[C@@H]1[C@@H]2C(=O)O[C@H](C)[C@H]2CC[C@@H]1O. The second-order valence-corrected chi connectivity index (χ2v) is 4.53. The van der Waals surface area contributed by atoms with Crippen LogP contribution in [0.1, 0.15) is 19.8 Å². The van der Waals surface area contributed by atoms with Gasteiger partial charge in [0.1, 0.15) is 6.10 Å². The number of rotatable bonds is 1. The summed E-state index contributed by atoms with van der Waals surface area (Å²) in [5.74, 6) is -2.17. The minimum Gasteiger partial charge on any atom is -0.469 e. The Morgan fingerprint density at radius 1 is 1.50 bits per heavy atom. The minimum absolute atomic E-state index is 0.0278. The van der Waals surface area contributed by atoms with Crippen LogP contribution in [-0.4, -0.2) is 36.4 Å². The Hall–Kier alpha value is -1.10. The molecule has 0 aromatic heterocycles. The molecule has 0 radical (unpaired) electrons. The van der Waals surface area contributed by atoms with Gasteiger partial charge < -0.3 is 14.6 Å². The monoisotopic (exact) mass is 228 g/mol. The molecule has 5 nitrogen and oxygen atoms in total. The van der Waals surface area contributed by atoms with Crippen LogP contribution in [0.3, 0.4) is 0 Å². The van der Waals surface area contributed by atoms with E-state index in [2.05, 4.69) is 4.74 Å². The molecule has 0 spiro atoms. The Morgan fingerprint density at radius 2 is 2.19 bits per heavy atom. The predicted molar refractivity (Wildman–Crippen MR) is 53.3 cm³/mol. The number of carbonyl (C=O) groups excluding carboxylic acids is 2. The summed E-state index contributed by atoms with van der Waals surface area (Å²) in [7, 11) is 1.27. The molecule has 0 bridgehead atoms. The zero-order chi connectivity index (χ0) is 11.9. The maximum absolute atomic E-state index is 11.7. The van der Waals surface area contributed by atoms with Gasteiger partial charge in [0.2, 0.25) is 0 Å². The van der Waals surface area contributed by atoms with Crippen molar-refractivity contribution in [2.45, 2.75) is 32.0 Å². The zero-order valence-corrected chi connectivity index (χ0v) is 9.38.